The van der Waals surface area contributed by atoms with Crippen molar-refractivity contribution in [3.8, 4) is 0 Å². The Bertz CT molecular complexity index is 358. The van der Waals surface area contributed by atoms with Gasteiger partial charge in [-0.15, -0.1) is 12.4 Å². The first-order valence-corrected chi connectivity index (χ1v) is 5.90. The van der Waals surface area contributed by atoms with Crippen LogP contribution in [0.5, 0.6) is 0 Å². The Hall–Kier alpha value is -1.06. The summed E-state index contributed by atoms with van der Waals surface area (Å²) in [5.74, 6) is 0.157. The summed E-state index contributed by atoms with van der Waals surface area (Å²) in [5.41, 5.74) is 2.08. The van der Waals surface area contributed by atoms with Gasteiger partial charge in [-0.2, -0.15) is 0 Å². The lowest BCUT2D eigenvalue weighted by Crippen LogP contribution is -2.46. The zero-order valence-electron chi connectivity index (χ0n) is 10.1. The van der Waals surface area contributed by atoms with Crippen LogP contribution in [0, 0.1) is 0 Å². The lowest BCUT2D eigenvalue weighted by atomic mass is 10.1. The Morgan fingerprint density at radius 2 is 1.82 bits per heavy atom. The molecule has 1 N–H and O–H groups in total. The number of amides is 1. The average Bonchev–Trinajstić information content (AvgIpc) is 2.39. The Morgan fingerprint density at radius 1 is 1.24 bits per heavy atom. The van der Waals surface area contributed by atoms with Crippen molar-refractivity contribution in [2.24, 2.45) is 0 Å². The van der Waals surface area contributed by atoms with Crippen LogP contribution >= 0.6 is 12.4 Å². The largest absolute Gasteiger partial charge is 0.336 e. The molecule has 0 aliphatic carbocycles. The van der Waals surface area contributed by atoms with E-state index < -0.39 is 0 Å². The fourth-order valence-corrected chi connectivity index (χ4v) is 1.93. The molecule has 3 nitrogen and oxygen atoms in total. The van der Waals surface area contributed by atoms with Crippen molar-refractivity contribution >= 4 is 18.3 Å². The van der Waals surface area contributed by atoms with Crippen molar-refractivity contribution < 1.29 is 4.79 Å². The van der Waals surface area contributed by atoms with Gasteiger partial charge >= 0.3 is 0 Å². The van der Waals surface area contributed by atoms with E-state index in [9.17, 15) is 4.79 Å². The predicted molar refractivity (Wildman–Crippen MR) is 71.8 cm³/mol. The molecular formula is C13H19ClN2O. The Balaban J connectivity index is 0.00000144. The van der Waals surface area contributed by atoms with E-state index in [1.165, 1.54) is 5.56 Å². The van der Waals surface area contributed by atoms with Crippen molar-refractivity contribution in [1.82, 2.24) is 10.2 Å². The lowest BCUT2D eigenvalue weighted by molar-refractivity contribution is 0.0736. The third-order valence-electron chi connectivity index (χ3n) is 3.01. The first-order valence-electron chi connectivity index (χ1n) is 5.90. The van der Waals surface area contributed by atoms with Gasteiger partial charge in [-0.05, 0) is 24.1 Å². The Morgan fingerprint density at radius 3 is 2.35 bits per heavy atom. The minimum atomic E-state index is 0. The second-order valence-corrected chi connectivity index (χ2v) is 4.09. The van der Waals surface area contributed by atoms with E-state index in [0.29, 0.717) is 0 Å². The molecule has 0 spiro atoms. The number of aryl methyl sites for hydroxylation is 1. The van der Waals surface area contributed by atoms with Crippen molar-refractivity contribution in [3.05, 3.63) is 35.4 Å². The van der Waals surface area contributed by atoms with Gasteiger partial charge in [-0.3, -0.25) is 4.79 Å². The molecule has 1 aliphatic rings. The van der Waals surface area contributed by atoms with E-state index >= 15 is 0 Å². The Labute approximate surface area is 109 Å². The van der Waals surface area contributed by atoms with Crippen molar-refractivity contribution in [2.45, 2.75) is 13.3 Å². The van der Waals surface area contributed by atoms with Gasteiger partial charge in [-0.25, -0.2) is 0 Å². The number of nitrogens with zero attached hydrogens (tertiary/aromatic N) is 1. The van der Waals surface area contributed by atoms with Gasteiger partial charge in [0.25, 0.3) is 5.91 Å². The molecule has 1 heterocycles. The summed E-state index contributed by atoms with van der Waals surface area (Å²) < 4.78 is 0. The van der Waals surface area contributed by atoms with Crippen LogP contribution in [-0.4, -0.2) is 37.0 Å². The van der Waals surface area contributed by atoms with Crippen LogP contribution < -0.4 is 5.32 Å². The van der Waals surface area contributed by atoms with Crippen LogP contribution in [-0.2, 0) is 6.42 Å². The van der Waals surface area contributed by atoms with Crippen molar-refractivity contribution in [1.29, 1.82) is 0 Å². The summed E-state index contributed by atoms with van der Waals surface area (Å²) in [6.45, 7) is 5.55. The zero-order valence-corrected chi connectivity index (χ0v) is 10.9. The minimum absolute atomic E-state index is 0. The second kappa shape index (κ2) is 6.62. The number of carbonyl (C=O) groups excluding carboxylic acids is 1. The molecule has 1 amide bonds. The molecule has 1 fully saturated rings. The van der Waals surface area contributed by atoms with Crippen LogP contribution in [0.1, 0.15) is 22.8 Å². The summed E-state index contributed by atoms with van der Waals surface area (Å²) in [7, 11) is 0. The van der Waals surface area contributed by atoms with Gasteiger partial charge in [-0.1, -0.05) is 19.1 Å². The van der Waals surface area contributed by atoms with Gasteiger partial charge in [0.05, 0.1) is 0 Å². The van der Waals surface area contributed by atoms with Crippen LogP contribution in [0.15, 0.2) is 24.3 Å². The molecular weight excluding hydrogens is 236 g/mol. The topological polar surface area (TPSA) is 32.3 Å². The molecule has 2 rings (SSSR count). The van der Waals surface area contributed by atoms with Gasteiger partial charge in [0.2, 0.25) is 0 Å². The van der Waals surface area contributed by atoms with E-state index in [1.54, 1.807) is 0 Å². The molecule has 0 aromatic heterocycles. The molecule has 0 atom stereocenters. The van der Waals surface area contributed by atoms with Crippen molar-refractivity contribution in [2.75, 3.05) is 26.2 Å². The summed E-state index contributed by atoms with van der Waals surface area (Å²) in [6.07, 6.45) is 1.02. The standard InChI is InChI=1S/C13H18N2O.ClH/c1-2-11-3-5-12(6-4-11)13(16)15-9-7-14-8-10-15;/h3-6,14H,2,7-10H2,1H3;1H. The molecule has 1 aromatic rings. The number of halogens is 1. The number of piperazine rings is 1. The molecule has 0 radical (unpaired) electrons. The van der Waals surface area contributed by atoms with Gasteiger partial charge in [0.1, 0.15) is 0 Å². The second-order valence-electron chi connectivity index (χ2n) is 4.09. The highest BCUT2D eigenvalue weighted by Crippen LogP contribution is 2.08. The Kier molecular flexibility index (Phi) is 5.45. The molecule has 0 saturated carbocycles. The number of carbonyl (C=O) groups is 1. The van der Waals surface area contributed by atoms with Crippen LogP contribution in [0.2, 0.25) is 0 Å². The fraction of sp³-hybridized carbons (Fsp3) is 0.462. The number of hydrogen-bond acceptors (Lipinski definition) is 2. The molecule has 1 aromatic carbocycles. The summed E-state index contributed by atoms with van der Waals surface area (Å²) in [4.78, 5) is 14.0. The summed E-state index contributed by atoms with van der Waals surface area (Å²) in [6, 6.07) is 7.94. The number of rotatable bonds is 2. The smallest absolute Gasteiger partial charge is 0.253 e. The first-order chi connectivity index (χ1) is 7.81. The third-order valence-corrected chi connectivity index (χ3v) is 3.01. The van der Waals surface area contributed by atoms with E-state index in [2.05, 4.69) is 12.2 Å². The molecule has 1 aliphatic heterocycles. The molecule has 94 valence electrons. The third kappa shape index (κ3) is 3.45. The predicted octanol–water partition coefficient (Wildman–Crippen LogP) is 1.72. The minimum Gasteiger partial charge on any atom is -0.336 e. The van der Waals surface area contributed by atoms with E-state index in [4.69, 9.17) is 0 Å². The van der Waals surface area contributed by atoms with Crippen molar-refractivity contribution in [3.63, 3.8) is 0 Å². The fourth-order valence-electron chi connectivity index (χ4n) is 1.93. The van der Waals surface area contributed by atoms with Crippen LogP contribution in [0.25, 0.3) is 0 Å². The van der Waals surface area contributed by atoms with Crippen LogP contribution in [0.3, 0.4) is 0 Å². The maximum atomic E-state index is 12.1. The summed E-state index contributed by atoms with van der Waals surface area (Å²) in [5, 5.41) is 3.25. The molecule has 4 heteroatoms. The number of hydrogen-bond donors (Lipinski definition) is 1. The van der Waals surface area contributed by atoms with E-state index in [-0.39, 0.29) is 18.3 Å². The van der Waals surface area contributed by atoms with Crippen LogP contribution in [0.4, 0.5) is 0 Å². The molecule has 0 unspecified atom stereocenters. The monoisotopic (exact) mass is 254 g/mol. The maximum absolute atomic E-state index is 12.1. The zero-order chi connectivity index (χ0) is 11.4. The van der Waals surface area contributed by atoms with Gasteiger partial charge in [0.15, 0.2) is 0 Å². The van der Waals surface area contributed by atoms with Gasteiger partial charge in [0, 0.05) is 31.7 Å². The SMILES string of the molecule is CCc1ccc(C(=O)N2CCNCC2)cc1.Cl. The van der Waals surface area contributed by atoms with E-state index in [1.807, 2.05) is 29.2 Å². The van der Waals surface area contributed by atoms with Gasteiger partial charge < -0.3 is 10.2 Å². The average molecular weight is 255 g/mol. The highest BCUT2D eigenvalue weighted by atomic mass is 35.5. The quantitative estimate of drug-likeness (QED) is 0.872. The maximum Gasteiger partial charge on any atom is 0.253 e. The number of nitrogens with one attached hydrogen (secondary N) is 1. The molecule has 1 saturated heterocycles. The first kappa shape index (κ1) is 14.0. The normalized spacial score (nSPS) is 15.2. The lowest BCUT2D eigenvalue weighted by Gasteiger charge is -2.27. The highest BCUT2D eigenvalue weighted by molar-refractivity contribution is 5.94. The highest BCUT2D eigenvalue weighted by Gasteiger charge is 2.17. The summed E-state index contributed by atoms with van der Waals surface area (Å²) >= 11 is 0. The molecule has 0 bridgehead atoms. The number of benzene rings is 1. The van der Waals surface area contributed by atoms with E-state index in [0.717, 1.165) is 38.2 Å². The molecule has 17 heavy (non-hydrogen) atoms.